The van der Waals surface area contributed by atoms with Gasteiger partial charge in [0, 0.05) is 12.1 Å². The highest BCUT2D eigenvalue weighted by Gasteiger charge is 2.38. The van der Waals surface area contributed by atoms with E-state index < -0.39 is 0 Å². The van der Waals surface area contributed by atoms with Crippen LogP contribution in [0.15, 0.2) is 24.3 Å². The van der Waals surface area contributed by atoms with Crippen molar-refractivity contribution in [2.24, 2.45) is 5.92 Å². The van der Waals surface area contributed by atoms with E-state index in [1.165, 1.54) is 19.3 Å². The Morgan fingerprint density at radius 1 is 1.33 bits per heavy atom. The summed E-state index contributed by atoms with van der Waals surface area (Å²) in [6, 6.07) is 7.82. The molecule has 1 aliphatic carbocycles. The molecule has 114 valence electrons. The van der Waals surface area contributed by atoms with Crippen LogP contribution >= 0.6 is 0 Å². The van der Waals surface area contributed by atoms with Crippen LogP contribution in [0.3, 0.4) is 0 Å². The van der Waals surface area contributed by atoms with Gasteiger partial charge in [-0.2, -0.15) is 0 Å². The number of amides is 1. The third-order valence-electron chi connectivity index (χ3n) is 4.51. The number of carbonyl (C=O) groups is 1. The maximum Gasteiger partial charge on any atom is 0.241 e. The van der Waals surface area contributed by atoms with E-state index in [1.807, 2.05) is 36.1 Å². The zero-order valence-electron chi connectivity index (χ0n) is 12.8. The molecule has 2 aliphatic rings. The molecule has 0 bridgehead atoms. The number of benzene rings is 1. The van der Waals surface area contributed by atoms with Gasteiger partial charge < -0.3 is 9.64 Å². The Bertz CT molecular complexity index is 513. The van der Waals surface area contributed by atoms with E-state index in [0.29, 0.717) is 0 Å². The van der Waals surface area contributed by atoms with Crippen LogP contribution in [0.5, 0.6) is 5.75 Å². The topological polar surface area (TPSA) is 41.6 Å². The van der Waals surface area contributed by atoms with Crippen LogP contribution in [-0.4, -0.2) is 30.5 Å². The molecule has 2 fully saturated rings. The quantitative estimate of drug-likeness (QED) is 0.875. The number of nitrogens with zero attached hydrogens (tertiary/aromatic N) is 1. The second kappa shape index (κ2) is 6.06. The maximum absolute atomic E-state index is 12.4. The molecule has 2 unspecified atom stereocenters. The largest absolute Gasteiger partial charge is 0.496 e. The van der Waals surface area contributed by atoms with Crippen LogP contribution in [0, 0.1) is 5.92 Å². The standard InChI is InChI=1S/C17H24N2O2/c1-12-17(20)19(11-5-6-13-9-10-13)16(18-12)14-7-3-4-8-15(14)21-2/h3-4,7-8,12-13,16,18H,5-6,9-11H2,1-2H3. The lowest BCUT2D eigenvalue weighted by atomic mass is 10.1. The van der Waals surface area contributed by atoms with Crippen molar-refractivity contribution < 1.29 is 9.53 Å². The van der Waals surface area contributed by atoms with Crippen molar-refractivity contribution in [2.75, 3.05) is 13.7 Å². The van der Waals surface area contributed by atoms with Gasteiger partial charge >= 0.3 is 0 Å². The third kappa shape index (κ3) is 3.05. The smallest absolute Gasteiger partial charge is 0.241 e. The minimum absolute atomic E-state index is 0.0668. The molecule has 4 nitrogen and oxygen atoms in total. The molecule has 1 aromatic carbocycles. The highest BCUT2D eigenvalue weighted by Crippen LogP contribution is 2.35. The second-order valence-electron chi connectivity index (χ2n) is 6.15. The van der Waals surface area contributed by atoms with Crippen molar-refractivity contribution in [1.29, 1.82) is 0 Å². The SMILES string of the molecule is COc1ccccc1C1NC(C)C(=O)N1CCCC1CC1. The number of methoxy groups -OCH3 is 1. The Hall–Kier alpha value is -1.55. The first kappa shape index (κ1) is 14.4. The molecule has 2 atom stereocenters. The molecule has 4 heteroatoms. The fraction of sp³-hybridized carbons (Fsp3) is 0.588. The summed E-state index contributed by atoms with van der Waals surface area (Å²) in [7, 11) is 1.68. The van der Waals surface area contributed by atoms with Gasteiger partial charge in [-0.3, -0.25) is 10.1 Å². The number of carbonyl (C=O) groups excluding carboxylic acids is 1. The zero-order chi connectivity index (χ0) is 14.8. The van der Waals surface area contributed by atoms with Gasteiger partial charge in [0.15, 0.2) is 0 Å². The van der Waals surface area contributed by atoms with Crippen LogP contribution in [0.2, 0.25) is 0 Å². The number of rotatable bonds is 6. The summed E-state index contributed by atoms with van der Waals surface area (Å²) in [6.07, 6.45) is 5.02. The number of para-hydroxylation sites is 1. The minimum atomic E-state index is -0.124. The lowest BCUT2D eigenvalue weighted by molar-refractivity contribution is -0.129. The number of nitrogens with one attached hydrogen (secondary N) is 1. The van der Waals surface area contributed by atoms with Crippen molar-refractivity contribution in [3.63, 3.8) is 0 Å². The van der Waals surface area contributed by atoms with Crippen LogP contribution in [0.4, 0.5) is 0 Å². The fourth-order valence-electron chi connectivity index (χ4n) is 3.12. The molecule has 1 aliphatic heterocycles. The van der Waals surface area contributed by atoms with Gasteiger partial charge in [-0.15, -0.1) is 0 Å². The van der Waals surface area contributed by atoms with E-state index in [0.717, 1.165) is 30.2 Å². The molecule has 0 spiro atoms. The van der Waals surface area contributed by atoms with E-state index >= 15 is 0 Å². The third-order valence-corrected chi connectivity index (χ3v) is 4.51. The van der Waals surface area contributed by atoms with Gasteiger partial charge in [0.05, 0.1) is 13.2 Å². The predicted molar refractivity (Wildman–Crippen MR) is 82.0 cm³/mol. The molecule has 1 heterocycles. The van der Waals surface area contributed by atoms with Crippen molar-refractivity contribution in [3.8, 4) is 5.75 Å². The van der Waals surface area contributed by atoms with Gasteiger partial charge in [-0.1, -0.05) is 31.0 Å². The lowest BCUT2D eigenvalue weighted by Crippen LogP contribution is -2.31. The number of ether oxygens (including phenoxy) is 1. The summed E-state index contributed by atoms with van der Waals surface area (Å²) in [6.45, 7) is 2.76. The molecule has 1 aromatic rings. The van der Waals surface area contributed by atoms with Gasteiger partial charge in [-0.25, -0.2) is 0 Å². The van der Waals surface area contributed by atoms with Gasteiger partial charge in [0.25, 0.3) is 0 Å². The van der Waals surface area contributed by atoms with Crippen molar-refractivity contribution >= 4 is 5.91 Å². The summed E-state index contributed by atoms with van der Waals surface area (Å²) < 4.78 is 5.45. The second-order valence-corrected chi connectivity index (χ2v) is 6.15. The molecule has 0 aromatic heterocycles. The molecule has 1 amide bonds. The average molecular weight is 288 g/mol. The first-order chi connectivity index (χ1) is 10.2. The first-order valence-corrected chi connectivity index (χ1v) is 7.90. The molecular formula is C17H24N2O2. The highest BCUT2D eigenvalue weighted by atomic mass is 16.5. The summed E-state index contributed by atoms with van der Waals surface area (Å²) in [5, 5.41) is 3.39. The normalized spacial score (nSPS) is 25.4. The van der Waals surface area contributed by atoms with Crippen LogP contribution in [-0.2, 0) is 4.79 Å². The Morgan fingerprint density at radius 3 is 2.81 bits per heavy atom. The van der Waals surface area contributed by atoms with Crippen LogP contribution < -0.4 is 10.1 Å². The number of hydrogen-bond donors (Lipinski definition) is 1. The summed E-state index contributed by atoms with van der Waals surface area (Å²) in [4.78, 5) is 14.4. The van der Waals surface area contributed by atoms with Crippen LogP contribution in [0.1, 0.15) is 44.3 Å². The first-order valence-electron chi connectivity index (χ1n) is 7.90. The summed E-state index contributed by atoms with van der Waals surface area (Å²) >= 11 is 0. The Balaban J connectivity index is 1.75. The molecule has 1 saturated carbocycles. The highest BCUT2D eigenvalue weighted by molar-refractivity contribution is 5.84. The van der Waals surface area contributed by atoms with E-state index in [4.69, 9.17) is 4.74 Å². The van der Waals surface area contributed by atoms with Gasteiger partial charge in [0.2, 0.25) is 5.91 Å². The Morgan fingerprint density at radius 2 is 2.10 bits per heavy atom. The van der Waals surface area contributed by atoms with E-state index in [1.54, 1.807) is 7.11 Å². The monoisotopic (exact) mass is 288 g/mol. The van der Waals surface area contributed by atoms with E-state index in [-0.39, 0.29) is 18.1 Å². The molecule has 1 saturated heterocycles. The Labute approximate surface area is 126 Å². The molecule has 0 radical (unpaired) electrons. The molecule has 1 N–H and O–H groups in total. The van der Waals surface area contributed by atoms with Crippen molar-refractivity contribution in [2.45, 2.75) is 44.8 Å². The van der Waals surface area contributed by atoms with E-state index in [9.17, 15) is 4.79 Å². The fourth-order valence-corrected chi connectivity index (χ4v) is 3.12. The molecular weight excluding hydrogens is 264 g/mol. The summed E-state index contributed by atoms with van der Waals surface area (Å²) in [5.41, 5.74) is 1.05. The van der Waals surface area contributed by atoms with E-state index in [2.05, 4.69) is 5.32 Å². The van der Waals surface area contributed by atoms with Crippen molar-refractivity contribution in [3.05, 3.63) is 29.8 Å². The predicted octanol–water partition coefficient (Wildman–Crippen LogP) is 2.70. The van der Waals surface area contributed by atoms with Crippen LogP contribution in [0.25, 0.3) is 0 Å². The summed E-state index contributed by atoms with van der Waals surface area (Å²) in [5.74, 6) is 1.95. The molecule has 21 heavy (non-hydrogen) atoms. The van der Waals surface area contributed by atoms with Gasteiger partial charge in [-0.05, 0) is 31.7 Å². The zero-order valence-corrected chi connectivity index (χ0v) is 12.8. The average Bonchev–Trinajstić information content (AvgIpc) is 3.28. The number of hydrogen-bond acceptors (Lipinski definition) is 3. The Kier molecular flexibility index (Phi) is 4.15. The van der Waals surface area contributed by atoms with Crippen molar-refractivity contribution in [1.82, 2.24) is 10.2 Å². The minimum Gasteiger partial charge on any atom is -0.496 e. The lowest BCUT2D eigenvalue weighted by Gasteiger charge is -2.26. The molecule has 3 rings (SSSR count). The van der Waals surface area contributed by atoms with Gasteiger partial charge in [0.1, 0.15) is 11.9 Å². The maximum atomic E-state index is 12.4.